The number of hydrogen-bond donors (Lipinski definition) is 1. The Hall–Kier alpha value is -6.46. The van der Waals surface area contributed by atoms with Crippen LogP contribution in [0.4, 0.5) is 5.69 Å². The summed E-state index contributed by atoms with van der Waals surface area (Å²) in [5.41, 5.74) is 1.74. The molecule has 0 atom stereocenters. The molecule has 0 saturated heterocycles. The second-order valence-electron chi connectivity index (χ2n) is 11.6. The van der Waals surface area contributed by atoms with Crippen molar-refractivity contribution in [1.82, 2.24) is 19.9 Å². The molecule has 17 nitrogen and oxygen atoms in total. The molecular weight excluding hydrogens is 789 g/mol. The van der Waals surface area contributed by atoms with Crippen LogP contribution in [0.25, 0.3) is 6.08 Å². The normalized spacial score (nSPS) is 13.6. The van der Waals surface area contributed by atoms with Crippen molar-refractivity contribution in [2.24, 2.45) is 0 Å². The first-order valence-electron chi connectivity index (χ1n) is 17.0. The van der Waals surface area contributed by atoms with E-state index in [0.717, 1.165) is 12.8 Å². The highest BCUT2D eigenvalue weighted by Crippen LogP contribution is 2.38. The molecule has 0 bridgehead atoms. The average molecular weight is 825 g/mol. The van der Waals surface area contributed by atoms with E-state index in [1.54, 1.807) is 25.1 Å². The Morgan fingerprint density at radius 2 is 1.25 bits per heavy atom. The number of anilines is 1. The van der Waals surface area contributed by atoms with Crippen molar-refractivity contribution in [2.75, 3.05) is 39.9 Å². The number of imide groups is 1. The lowest BCUT2D eigenvalue weighted by Gasteiger charge is -2.16. The highest BCUT2D eigenvalue weighted by atomic mass is 35.5. The number of rotatable bonds is 13. The van der Waals surface area contributed by atoms with Gasteiger partial charge in [-0.25, -0.2) is 14.5 Å². The maximum Gasteiger partial charge on any atom is 0.349 e. The van der Waals surface area contributed by atoms with Crippen LogP contribution >= 0.6 is 23.2 Å². The maximum atomic E-state index is 12.7. The average Bonchev–Trinajstić information content (AvgIpc) is 3.47. The van der Waals surface area contributed by atoms with Crippen molar-refractivity contribution in [3.05, 3.63) is 80.9 Å². The summed E-state index contributed by atoms with van der Waals surface area (Å²) in [6.45, 7) is 1.87. The van der Waals surface area contributed by atoms with Gasteiger partial charge >= 0.3 is 24.0 Å². The van der Waals surface area contributed by atoms with Crippen molar-refractivity contribution in [2.45, 2.75) is 32.6 Å². The Morgan fingerprint density at radius 1 is 0.772 bits per heavy atom. The van der Waals surface area contributed by atoms with Gasteiger partial charge in [0, 0.05) is 16.2 Å². The fourth-order valence-corrected chi connectivity index (χ4v) is 5.86. The molecule has 1 aliphatic carbocycles. The third-order valence-corrected chi connectivity index (χ3v) is 8.75. The predicted molar refractivity (Wildman–Crippen MR) is 204 cm³/mol. The zero-order valence-corrected chi connectivity index (χ0v) is 32.7. The lowest BCUT2D eigenvalue weighted by molar-refractivity contribution is -0.137. The molecule has 2 aromatic carbocycles. The van der Waals surface area contributed by atoms with Gasteiger partial charge in [-0.2, -0.15) is 19.9 Å². The Kier molecular flexibility index (Phi) is 13.8. The van der Waals surface area contributed by atoms with E-state index in [1.807, 2.05) is 0 Å². The number of ether oxygens (including phenoxy) is 7. The first-order valence-corrected chi connectivity index (χ1v) is 17.8. The van der Waals surface area contributed by atoms with Gasteiger partial charge in [0.15, 0.2) is 0 Å². The number of carboxylic acid groups (broad SMARTS) is 1. The fourth-order valence-electron chi connectivity index (χ4n) is 5.52. The number of halogens is 2. The van der Waals surface area contributed by atoms with E-state index in [-0.39, 0.29) is 76.1 Å². The van der Waals surface area contributed by atoms with Crippen molar-refractivity contribution in [1.29, 1.82) is 0 Å². The van der Waals surface area contributed by atoms with E-state index in [0.29, 0.717) is 40.3 Å². The number of amides is 2. The molecule has 6 rings (SSSR count). The molecular formula is C38H35Cl2N5O12. The highest BCUT2D eigenvalue weighted by molar-refractivity contribution is 6.43. The monoisotopic (exact) mass is 823 g/mol. The molecule has 0 radical (unpaired) electrons. The summed E-state index contributed by atoms with van der Waals surface area (Å²) in [6, 6.07) is 11.6. The second-order valence-corrected chi connectivity index (χ2v) is 12.5. The van der Waals surface area contributed by atoms with Crippen LogP contribution < -0.4 is 33.3 Å². The van der Waals surface area contributed by atoms with E-state index >= 15 is 0 Å². The number of benzene rings is 2. The molecule has 2 aromatic heterocycles. The fraction of sp³-hybridized carbons (Fsp3) is 0.263. The van der Waals surface area contributed by atoms with Crippen molar-refractivity contribution in [3.8, 4) is 47.0 Å². The summed E-state index contributed by atoms with van der Waals surface area (Å²) < 4.78 is 36.3. The quantitative estimate of drug-likeness (QED) is 0.0834. The molecule has 1 aliphatic heterocycles. The smallest absolute Gasteiger partial charge is 0.349 e. The Labute approximate surface area is 335 Å². The van der Waals surface area contributed by atoms with Gasteiger partial charge in [0.25, 0.3) is 11.8 Å². The zero-order chi connectivity index (χ0) is 41.2. The van der Waals surface area contributed by atoms with Crippen LogP contribution in [0.15, 0.2) is 64.7 Å². The molecule has 0 saturated carbocycles. The summed E-state index contributed by atoms with van der Waals surface area (Å²) in [5.74, 6) is -2.05. The standard InChI is InChI=1S/C19H17Cl2NO4.C19H18N4O8/c1-2-26-19(25)16(21)10-11-9-12(7-8-15(11)20)22-17(23)13-5-3-4-6-14(13)18(22)24;1-26-12-8-13(27-2)21-18(20-12)30-10-6-5-7-11(16(10)17(24)25)31-19-22-14(28-3)9-15(23-19)29-4/h7-10H,2-6H2,1H3;5-9H,1-4H3,(H,24,25)/b16-10-;. The van der Waals surface area contributed by atoms with E-state index in [4.69, 9.17) is 56.4 Å². The summed E-state index contributed by atoms with van der Waals surface area (Å²) in [7, 11) is 5.63. The summed E-state index contributed by atoms with van der Waals surface area (Å²) >= 11 is 12.1. The van der Waals surface area contributed by atoms with Gasteiger partial charge in [-0.3, -0.25) is 9.59 Å². The number of carboxylic acids is 1. The SMILES string of the molecule is CCOC(=O)/C(Cl)=C/c1cc(N2C(=O)C3=C(CCCC3)C2=O)ccc1Cl.COc1cc(OC)nc(Oc2cccc(Oc3nc(OC)cc(OC)n3)c2C(=O)O)n1. The number of aromatic carboxylic acids is 1. The molecule has 1 N–H and O–H groups in total. The molecule has 0 unspecified atom stereocenters. The molecule has 19 heteroatoms. The lowest BCUT2D eigenvalue weighted by Crippen LogP contribution is -2.31. The zero-order valence-electron chi connectivity index (χ0n) is 31.2. The molecule has 4 aromatic rings. The minimum atomic E-state index is -1.32. The van der Waals surface area contributed by atoms with Crippen molar-refractivity contribution < 1.29 is 57.4 Å². The number of carbonyl (C=O) groups is 4. The lowest BCUT2D eigenvalue weighted by atomic mass is 9.93. The van der Waals surface area contributed by atoms with Crippen LogP contribution in [0, 0.1) is 0 Å². The van der Waals surface area contributed by atoms with E-state index in [9.17, 15) is 24.3 Å². The van der Waals surface area contributed by atoms with Gasteiger partial charge < -0.3 is 38.3 Å². The Bertz CT molecular complexity index is 2120. The minimum absolute atomic E-state index is 0.0878. The van der Waals surface area contributed by atoms with Crippen LogP contribution in [-0.4, -0.2) is 83.8 Å². The number of carbonyl (C=O) groups excluding carboxylic acids is 3. The van der Waals surface area contributed by atoms with Gasteiger partial charge in [-0.05, 0) is 74.6 Å². The van der Waals surface area contributed by atoms with Gasteiger partial charge in [-0.15, -0.1) is 0 Å². The second kappa shape index (κ2) is 18.9. The Morgan fingerprint density at radius 3 is 1.67 bits per heavy atom. The molecule has 3 heterocycles. The topological polar surface area (TPSA) is 208 Å². The summed E-state index contributed by atoms with van der Waals surface area (Å²) in [4.78, 5) is 66.3. The number of nitrogens with zero attached hydrogens (tertiary/aromatic N) is 5. The van der Waals surface area contributed by atoms with Gasteiger partial charge in [0.1, 0.15) is 22.1 Å². The van der Waals surface area contributed by atoms with Crippen LogP contribution in [-0.2, 0) is 19.1 Å². The third-order valence-electron chi connectivity index (χ3n) is 8.14. The van der Waals surface area contributed by atoms with Crippen LogP contribution in [0.3, 0.4) is 0 Å². The molecule has 2 amide bonds. The van der Waals surface area contributed by atoms with Gasteiger partial charge in [0.05, 0.1) is 52.9 Å². The number of aromatic nitrogens is 4. The first-order chi connectivity index (χ1) is 27.4. The molecule has 2 aliphatic rings. The van der Waals surface area contributed by atoms with E-state index < -0.39 is 11.9 Å². The minimum Gasteiger partial charge on any atom is -0.481 e. The number of hydrogen-bond acceptors (Lipinski definition) is 15. The van der Waals surface area contributed by atoms with Gasteiger partial charge in [0.2, 0.25) is 23.5 Å². The molecule has 57 heavy (non-hydrogen) atoms. The predicted octanol–water partition coefficient (Wildman–Crippen LogP) is 6.81. The van der Waals surface area contributed by atoms with E-state index in [1.165, 1.54) is 69.7 Å². The van der Waals surface area contributed by atoms with Crippen LogP contribution in [0.2, 0.25) is 5.02 Å². The highest BCUT2D eigenvalue weighted by Gasteiger charge is 2.39. The Balaban J connectivity index is 0.000000221. The number of esters is 1. The molecule has 298 valence electrons. The summed E-state index contributed by atoms with van der Waals surface area (Å²) in [6.07, 6.45) is 4.45. The maximum absolute atomic E-state index is 12.7. The molecule has 0 spiro atoms. The van der Waals surface area contributed by atoms with Gasteiger partial charge in [-0.1, -0.05) is 29.3 Å². The number of methoxy groups -OCH3 is 4. The van der Waals surface area contributed by atoms with E-state index in [2.05, 4.69) is 19.9 Å². The third kappa shape index (κ3) is 9.86. The molecule has 0 fully saturated rings. The largest absolute Gasteiger partial charge is 0.481 e. The van der Waals surface area contributed by atoms with Crippen LogP contribution in [0.5, 0.6) is 47.0 Å². The van der Waals surface area contributed by atoms with Crippen molar-refractivity contribution >= 4 is 58.7 Å². The first kappa shape index (κ1) is 41.7. The van der Waals surface area contributed by atoms with Crippen LogP contribution in [0.1, 0.15) is 48.5 Å². The van der Waals surface area contributed by atoms with Crippen molar-refractivity contribution in [3.63, 3.8) is 0 Å². The summed E-state index contributed by atoms with van der Waals surface area (Å²) in [5, 5.41) is 9.97.